The van der Waals surface area contributed by atoms with Crippen molar-refractivity contribution < 1.29 is 0 Å². The molecule has 0 fully saturated rings. The molecule has 5 heteroatoms. The minimum atomic E-state index is -0.0897. The molecule has 0 saturated heterocycles. The quantitative estimate of drug-likeness (QED) is 0.637. The second kappa shape index (κ2) is 2.56. The number of pyridine rings is 1. The lowest BCUT2D eigenvalue weighted by Crippen LogP contribution is -2.17. The molecule has 0 aliphatic heterocycles. The molecular weight excluding hydrogens is 186 g/mol. The van der Waals surface area contributed by atoms with Crippen LogP contribution in [0.4, 0.5) is 0 Å². The summed E-state index contributed by atoms with van der Waals surface area (Å²) in [6.45, 7) is 1.89. The summed E-state index contributed by atoms with van der Waals surface area (Å²) >= 11 is 5.09. The molecule has 2 heterocycles. The molecule has 0 spiro atoms. The van der Waals surface area contributed by atoms with Gasteiger partial charge in [0.15, 0.2) is 0 Å². The number of aromatic nitrogens is 3. The predicted octanol–water partition coefficient (Wildman–Crippen LogP) is 1.00. The van der Waals surface area contributed by atoms with E-state index in [-0.39, 0.29) is 5.69 Å². The molecule has 0 saturated carbocycles. The van der Waals surface area contributed by atoms with Gasteiger partial charge >= 0.3 is 5.69 Å². The van der Waals surface area contributed by atoms with Gasteiger partial charge in [0.1, 0.15) is 5.65 Å². The van der Waals surface area contributed by atoms with E-state index in [2.05, 4.69) is 5.10 Å². The lowest BCUT2D eigenvalue weighted by atomic mass is 10.3. The molecule has 0 aromatic carbocycles. The fourth-order valence-electron chi connectivity index (χ4n) is 1.26. The van der Waals surface area contributed by atoms with Crippen LogP contribution in [0.5, 0.6) is 0 Å². The molecule has 0 aliphatic rings. The number of hydrogen-bond acceptors (Lipinski definition) is 2. The third-order valence-corrected chi connectivity index (χ3v) is 2.45. The van der Waals surface area contributed by atoms with E-state index in [1.807, 2.05) is 6.92 Å². The first-order chi connectivity index (χ1) is 6.09. The second-order valence-corrected chi connectivity index (χ2v) is 3.47. The van der Waals surface area contributed by atoms with Gasteiger partial charge in [0.05, 0.1) is 0 Å². The molecular formula is C8H9N3OS. The van der Waals surface area contributed by atoms with Crippen LogP contribution in [0, 0.1) is 11.4 Å². The van der Waals surface area contributed by atoms with Crippen LogP contribution in [0.3, 0.4) is 0 Å². The molecule has 0 radical (unpaired) electrons. The van der Waals surface area contributed by atoms with Gasteiger partial charge in [-0.25, -0.2) is 9.48 Å². The first kappa shape index (κ1) is 8.25. The normalized spacial score (nSPS) is 10.9. The Bertz CT molecular complexity index is 575. The molecule has 0 bridgehead atoms. The number of nitrogens with zero attached hydrogens (tertiary/aromatic N) is 2. The Labute approximate surface area is 79.4 Å². The molecule has 68 valence electrons. The summed E-state index contributed by atoms with van der Waals surface area (Å²) < 4.78 is 3.73. The number of rotatable bonds is 0. The molecule has 0 aliphatic carbocycles. The third-order valence-electron chi connectivity index (χ3n) is 2.01. The summed E-state index contributed by atoms with van der Waals surface area (Å²) in [5.41, 5.74) is 1.57. The minimum Gasteiger partial charge on any atom is -0.279 e. The average molecular weight is 195 g/mol. The van der Waals surface area contributed by atoms with Gasteiger partial charge < -0.3 is 0 Å². The van der Waals surface area contributed by atoms with Crippen LogP contribution < -0.4 is 5.69 Å². The molecule has 13 heavy (non-hydrogen) atoms. The second-order valence-electron chi connectivity index (χ2n) is 3.03. The van der Waals surface area contributed by atoms with Crippen molar-refractivity contribution in [1.82, 2.24) is 14.2 Å². The molecule has 2 rings (SSSR count). The van der Waals surface area contributed by atoms with Crippen molar-refractivity contribution in [2.45, 2.75) is 6.92 Å². The Morgan fingerprint density at radius 2 is 2.23 bits per heavy atom. The van der Waals surface area contributed by atoms with E-state index < -0.39 is 0 Å². The van der Waals surface area contributed by atoms with Crippen molar-refractivity contribution in [1.29, 1.82) is 0 Å². The summed E-state index contributed by atoms with van der Waals surface area (Å²) in [5, 5.41) is 2.90. The molecule has 1 N–H and O–H groups in total. The standard InChI is InChI=1S/C8H9N3OS/c1-5-4-11-7(3-6(5)13)9-10(2)8(11)12/h3-4,9H,1-2H3. The lowest BCUT2D eigenvalue weighted by molar-refractivity contribution is 0.732. The van der Waals surface area contributed by atoms with Gasteiger partial charge in [0, 0.05) is 17.8 Å². The van der Waals surface area contributed by atoms with Gasteiger partial charge in [-0.2, -0.15) is 0 Å². The number of H-pyrrole nitrogens is 1. The highest BCUT2D eigenvalue weighted by molar-refractivity contribution is 7.71. The number of fused-ring (bicyclic) bond motifs is 1. The van der Waals surface area contributed by atoms with E-state index in [1.165, 1.54) is 4.68 Å². The van der Waals surface area contributed by atoms with Crippen molar-refractivity contribution >= 4 is 17.9 Å². The summed E-state index contributed by atoms with van der Waals surface area (Å²) in [5.74, 6) is 0. The first-order valence-corrected chi connectivity index (χ1v) is 4.28. The highest BCUT2D eigenvalue weighted by atomic mass is 32.1. The van der Waals surface area contributed by atoms with Crippen LogP contribution in [0.1, 0.15) is 5.56 Å². The van der Waals surface area contributed by atoms with E-state index in [1.54, 1.807) is 23.7 Å². The summed E-state index contributed by atoms with van der Waals surface area (Å²) in [4.78, 5) is 11.5. The van der Waals surface area contributed by atoms with Crippen LogP contribution in [0.25, 0.3) is 5.65 Å². The van der Waals surface area contributed by atoms with Gasteiger partial charge in [-0.3, -0.25) is 9.50 Å². The maximum absolute atomic E-state index is 11.5. The molecule has 4 nitrogen and oxygen atoms in total. The number of aryl methyl sites for hydroxylation is 2. The summed E-state index contributed by atoms with van der Waals surface area (Å²) in [7, 11) is 1.67. The molecule has 0 unspecified atom stereocenters. The van der Waals surface area contributed by atoms with Crippen molar-refractivity contribution in [3.8, 4) is 0 Å². The maximum Gasteiger partial charge on any atom is 0.348 e. The predicted molar refractivity (Wildman–Crippen MR) is 52.6 cm³/mol. The van der Waals surface area contributed by atoms with E-state index in [0.717, 1.165) is 15.7 Å². The zero-order valence-corrected chi connectivity index (χ0v) is 8.18. The monoisotopic (exact) mass is 195 g/mol. The molecule has 0 atom stereocenters. The topological polar surface area (TPSA) is 42.2 Å². The average Bonchev–Trinajstić information content (AvgIpc) is 2.32. The number of aromatic amines is 1. The van der Waals surface area contributed by atoms with Crippen LogP contribution >= 0.6 is 12.2 Å². The minimum absolute atomic E-state index is 0.0897. The third kappa shape index (κ3) is 1.12. The van der Waals surface area contributed by atoms with Crippen molar-refractivity contribution in [3.63, 3.8) is 0 Å². The highest BCUT2D eigenvalue weighted by Gasteiger charge is 2.01. The Kier molecular flexibility index (Phi) is 1.63. The maximum atomic E-state index is 11.5. The van der Waals surface area contributed by atoms with E-state index in [4.69, 9.17) is 12.2 Å². The van der Waals surface area contributed by atoms with Crippen molar-refractivity contribution in [2.75, 3.05) is 0 Å². The van der Waals surface area contributed by atoms with E-state index in [9.17, 15) is 4.79 Å². The Morgan fingerprint density at radius 1 is 1.54 bits per heavy atom. The van der Waals surface area contributed by atoms with Gasteiger partial charge in [-0.1, -0.05) is 12.2 Å². The fraction of sp³-hybridized carbons (Fsp3) is 0.250. The van der Waals surface area contributed by atoms with Crippen LogP contribution in [0.2, 0.25) is 0 Å². The first-order valence-electron chi connectivity index (χ1n) is 3.87. The van der Waals surface area contributed by atoms with Gasteiger partial charge in [0.25, 0.3) is 0 Å². The Hall–Kier alpha value is -1.36. The van der Waals surface area contributed by atoms with Gasteiger partial charge in [-0.05, 0) is 18.6 Å². The molecule has 0 amide bonds. The number of nitrogens with one attached hydrogen (secondary N) is 1. The SMILES string of the molecule is Cc1cn2c(=O)n(C)[nH]c2cc1=S. The van der Waals surface area contributed by atoms with E-state index >= 15 is 0 Å². The highest BCUT2D eigenvalue weighted by Crippen LogP contribution is 2.03. The fourth-order valence-corrected chi connectivity index (χ4v) is 1.42. The van der Waals surface area contributed by atoms with Crippen LogP contribution in [-0.4, -0.2) is 14.2 Å². The number of hydrogen-bond donors (Lipinski definition) is 1. The summed E-state index contributed by atoms with van der Waals surface area (Å²) in [6, 6.07) is 1.78. The van der Waals surface area contributed by atoms with Gasteiger partial charge in [0.2, 0.25) is 0 Å². The van der Waals surface area contributed by atoms with Crippen molar-refractivity contribution in [3.05, 3.63) is 32.8 Å². The zero-order valence-electron chi connectivity index (χ0n) is 7.37. The van der Waals surface area contributed by atoms with Crippen molar-refractivity contribution in [2.24, 2.45) is 7.05 Å². The zero-order chi connectivity index (χ0) is 9.59. The lowest BCUT2D eigenvalue weighted by Gasteiger charge is -1.93. The van der Waals surface area contributed by atoms with Crippen LogP contribution in [0.15, 0.2) is 17.1 Å². The summed E-state index contributed by atoms with van der Waals surface area (Å²) in [6.07, 6.45) is 1.75. The van der Waals surface area contributed by atoms with Gasteiger partial charge in [-0.15, -0.1) is 0 Å². The smallest absolute Gasteiger partial charge is 0.279 e. The Balaban J connectivity index is 3.06. The largest absolute Gasteiger partial charge is 0.348 e. The Morgan fingerprint density at radius 3 is 2.92 bits per heavy atom. The molecule has 2 aromatic rings. The van der Waals surface area contributed by atoms with Crippen LogP contribution in [-0.2, 0) is 7.05 Å². The molecule has 2 aromatic heterocycles. The van der Waals surface area contributed by atoms with E-state index in [0.29, 0.717) is 0 Å².